The number of rotatable bonds is 3. The molecule has 1 aliphatic rings. The number of hydrogen-bond acceptors (Lipinski definition) is 4. The normalized spacial score (nSPS) is 25.2. The molecule has 76 valence electrons. The Morgan fingerprint density at radius 1 is 1.85 bits per heavy atom. The Morgan fingerprint density at radius 3 is 3.15 bits per heavy atom. The highest BCUT2D eigenvalue weighted by Crippen LogP contribution is 1.96. The van der Waals surface area contributed by atoms with Gasteiger partial charge in [0.05, 0.1) is 6.61 Å². The van der Waals surface area contributed by atoms with Gasteiger partial charge < -0.3 is 21.1 Å². The van der Waals surface area contributed by atoms with E-state index >= 15 is 0 Å². The molecule has 13 heavy (non-hydrogen) atoms. The first kappa shape index (κ1) is 10.4. The van der Waals surface area contributed by atoms with Crippen LogP contribution in [0, 0.1) is 0 Å². The summed E-state index contributed by atoms with van der Waals surface area (Å²) in [5.74, 6) is -0.0786. The molecule has 0 aromatic carbocycles. The molecule has 0 bridgehead atoms. The summed E-state index contributed by atoms with van der Waals surface area (Å²) in [5.41, 5.74) is 5.38. The Kier molecular flexibility index (Phi) is 4.14. The van der Waals surface area contributed by atoms with Gasteiger partial charge in [-0.15, -0.1) is 0 Å². The second-order valence-electron chi connectivity index (χ2n) is 3.21. The third kappa shape index (κ3) is 3.30. The van der Waals surface area contributed by atoms with Crippen molar-refractivity contribution in [2.24, 2.45) is 5.73 Å². The van der Waals surface area contributed by atoms with Crippen molar-refractivity contribution in [1.82, 2.24) is 10.6 Å². The maximum atomic E-state index is 11.4. The van der Waals surface area contributed by atoms with Crippen LogP contribution in [0.3, 0.4) is 0 Å². The second kappa shape index (κ2) is 5.16. The summed E-state index contributed by atoms with van der Waals surface area (Å²) in [6.07, 6.45) is -0.359. The maximum Gasteiger partial charge on any atom is 0.250 e. The van der Waals surface area contributed by atoms with Crippen LogP contribution < -0.4 is 16.4 Å². The molecule has 0 aromatic rings. The number of nitrogens with one attached hydrogen (secondary N) is 2. The van der Waals surface area contributed by atoms with Crippen molar-refractivity contribution in [3.63, 3.8) is 0 Å². The van der Waals surface area contributed by atoms with Crippen LogP contribution in [0.5, 0.6) is 0 Å². The molecule has 1 unspecified atom stereocenters. The molecule has 4 N–H and O–H groups in total. The molecular weight excluding hydrogens is 170 g/mol. The van der Waals surface area contributed by atoms with Crippen LogP contribution in [0.2, 0.25) is 0 Å². The largest absolute Gasteiger partial charge is 0.366 e. The molecule has 2 atom stereocenters. The molecule has 0 aliphatic carbocycles. The van der Waals surface area contributed by atoms with Crippen LogP contribution >= 0.6 is 0 Å². The van der Waals surface area contributed by atoms with Gasteiger partial charge in [0.25, 0.3) is 5.91 Å². The summed E-state index contributed by atoms with van der Waals surface area (Å²) in [6.45, 7) is 4.31. The summed E-state index contributed by atoms with van der Waals surface area (Å²) < 4.78 is 5.27. The molecule has 1 saturated heterocycles. The lowest BCUT2D eigenvalue weighted by Crippen LogP contribution is -2.51. The Hall–Kier alpha value is -0.650. The van der Waals surface area contributed by atoms with Crippen LogP contribution in [0.1, 0.15) is 6.92 Å². The minimum atomic E-state index is -0.359. The van der Waals surface area contributed by atoms with E-state index in [1.54, 1.807) is 0 Å². The van der Waals surface area contributed by atoms with Gasteiger partial charge in [-0.1, -0.05) is 0 Å². The highest BCUT2D eigenvalue weighted by molar-refractivity contribution is 5.81. The molecule has 1 amide bonds. The fourth-order valence-corrected chi connectivity index (χ4v) is 1.13. The van der Waals surface area contributed by atoms with Gasteiger partial charge in [-0.3, -0.25) is 4.79 Å². The number of carbonyl (C=O) groups is 1. The van der Waals surface area contributed by atoms with Crippen LogP contribution in [-0.2, 0) is 9.53 Å². The smallest absolute Gasteiger partial charge is 0.250 e. The average molecular weight is 187 g/mol. The Balaban J connectivity index is 2.29. The minimum Gasteiger partial charge on any atom is -0.366 e. The highest BCUT2D eigenvalue weighted by Gasteiger charge is 2.22. The number of hydrogen-bond donors (Lipinski definition) is 3. The van der Waals surface area contributed by atoms with Crippen LogP contribution in [0.25, 0.3) is 0 Å². The third-order valence-electron chi connectivity index (χ3n) is 1.96. The van der Waals surface area contributed by atoms with E-state index in [1.807, 2.05) is 6.92 Å². The molecule has 0 saturated carbocycles. The molecule has 0 radical (unpaired) electrons. The van der Waals surface area contributed by atoms with E-state index < -0.39 is 0 Å². The van der Waals surface area contributed by atoms with Gasteiger partial charge in [0, 0.05) is 25.7 Å². The predicted molar refractivity (Wildman–Crippen MR) is 49.3 cm³/mol. The van der Waals surface area contributed by atoms with E-state index in [-0.39, 0.29) is 18.1 Å². The summed E-state index contributed by atoms with van der Waals surface area (Å²) in [4.78, 5) is 11.4. The van der Waals surface area contributed by atoms with Crippen molar-refractivity contribution in [2.45, 2.75) is 19.1 Å². The predicted octanol–water partition coefficient (Wildman–Crippen LogP) is -1.56. The molecule has 0 spiro atoms. The van der Waals surface area contributed by atoms with Crippen LogP contribution in [-0.4, -0.2) is 44.3 Å². The lowest BCUT2D eigenvalue weighted by atomic mass is 10.2. The van der Waals surface area contributed by atoms with Gasteiger partial charge in [-0.25, -0.2) is 0 Å². The van der Waals surface area contributed by atoms with Gasteiger partial charge in [0.2, 0.25) is 0 Å². The molecule has 1 fully saturated rings. The number of amides is 1. The van der Waals surface area contributed by atoms with Crippen molar-refractivity contribution < 1.29 is 9.53 Å². The average Bonchev–Trinajstić information content (AvgIpc) is 2.19. The van der Waals surface area contributed by atoms with E-state index in [1.165, 1.54) is 0 Å². The van der Waals surface area contributed by atoms with E-state index in [0.29, 0.717) is 19.7 Å². The van der Waals surface area contributed by atoms with Crippen LogP contribution in [0.15, 0.2) is 0 Å². The zero-order valence-corrected chi connectivity index (χ0v) is 7.88. The van der Waals surface area contributed by atoms with E-state index in [0.717, 1.165) is 6.54 Å². The van der Waals surface area contributed by atoms with E-state index in [9.17, 15) is 4.79 Å². The number of morpholine rings is 1. The SMILES string of the molecule is C[C@H](CN)NC(=O)C1CNCCO1. The molecule has 5 heteroatoms. The fraction of sp³-hybridized carbons (Fsp3) is 0.875. The van der Waals surface area contributed by atoms with Gasteiger partial charge in [0.15, 0.2) is 0 Å². The number of nitrogens with two attached hydrogens (primary N) is 1. The summed E-state index contributed by atoms with van der Waals surface area (Å²) in [6, 6.07) is 0.0121. The van der Waals surface area contributed by atoms with Gasteiger partial charge in [-0.05, 0) is 6.92 Å². The molecule has 1 aliphatic heterocycles. The molecule has 0 aromatic heterocycles. The zero-order valence-electron chi connectivity index (χ0n) is 7.88. The zero-order chi connectivity index (χ0) is 9.68. The molecule has 5 nitrogen and oxygen atoms in total. The van der Waals surface area contributed by atoms with Crippen molar-refractivity contribution in [2.75, 3.05) is 26.2 Å². The minimum absolute atomic E-state index is 0.0121. The number of carbonyl (C=O) groups excluding carboxylic acids is 1. The first-order chi connectivity index (χ1) is 6.24. The lowest BCUT2D eigenvalue weighted by molar-refractivity contribution is -0.134. The van der Waals surface area contributed by atoms with Gasteiger partial charge in [0.1, 0.15) is 6.10 Å². The summed E-state index contributed by atoms with van der Waals surface area (Å²) >= 11 is 0. The third-order valence-corrected chi connectivity index (χ3v) is 1.96. The monoisotopic (exact) mass is 187 g/mol. The van der Waals surface area contributed by atoms with E-state index in [4.69, 9.17) is 10.5 Å². The Morgan fingerprint density at radius 2 is 2.62 bits per heavy atom. The summed E-state index contributed by atoms with van der Waals surface area (Å²) in [5, 5.41) is 5.86. The lowest BCUT2D eigenvalue weighted by Gasteiger charge is -2.24. The van der Waals surface area contributed by atoms with E-state index in [2.05, 4.69) is 10.6 Å². The quantitative estimate of drug-likeness (QED) is 0.499. The van der Waals surface area contributed by atoms with Crippen molar-refractivity contribution in [3.8, 4) is 0 Å². The Labute approximate surface area is 78.0 Å². The van der Waals surface area contributed by atoms with Crippen molar-refractivity contribution in [3.05, 3.63) is 0 Å². The summed E-state index contributed by atoms with van der Waals surface area (Å²) in [7, 11) is 0. The first-order valence-electron chi connectivity index (χ1n) is 4.57. The molecular formula is C8H17N3O2. The van der Waals surface area contributed by atoms with Crippen molar-refractivity contribution in [1.29, 1.82) is 0 Å². The van der Waals surface area contributed by atoms with Crippen molar-refractivity contribution >= 4 is 5.91 Å². The van der Waals surface area contributed by atoms with Crippen LogP contribution in [0.4, 0.5) is 0 Å². The number of ether oxygens (including phenoxy) is 1. The topological polar surface area (TPSA) is 76.4 Å². The van der Waals surface area contributed by atoms with Gasteiger partial charge in [-0.2, -0.15) is 0 Å². The molecule has 1 rings (SSSR count). The highest BCUT2D eigenvalue weighted by atomic mass is 16.5. The fourth-order valence-electron chi connectivity index (χ4n) is 1.13. The first-order valence-corrected chi connectivity index (χ1v) is 4.57. The second-order valence-corrected chi connectivity index (χ2v) is 3.21. The van der Waals surface area contributed by atoms with Gasteiger partial charge >= 0.3 is 0 Å². The maximum absolute atomic E-state index is 11.4. The standard InChI is InChI=1S/C8H17N3O2/c1-6(4-9)11-8(12)7-5-10-2-3-13-7/h6-7,10H,2-5,9H2,1H3,(H,11,12)/t6-,7?/m1/s1. The molecule has 1 heterocycles. The Bertz CT molecular complexity index is 169.